The third-order valence-corrected chi connectivity index (χ3v) is 2.94. The predicted molar refractivity (Wildman–Crippen MR) is 79.3 cm³/mol. The second kappa shape index (κ2) is 7.56. The molecule has 0 heterocycles. The molecule has 3 heteroatoms. The molecule has 0 bridgehead atoms. The standard InChI is InChI=1S/C17H20O3/c1-14-12-16(8-9-17(14)19-11-10-18-2)20-13-15-6-4-3-5-7-15/h3-9,12H,10-11,13H2,1-2H3. The Morgan fingerprint density at radius 3 is 2.40 bits per heavy atom. The van der Waals surface area contributed by atoms with Crippen molar-refractivity contribution in [2.45, 2.75) is 13.5 Å². The Balaban J connectivity index is 1.91. The molecule has 0 amide bonds. The van der Waals surface area contributed by atoms with E-state index in [1.54, 1.807) is 7.11 Å². The largest absolute Gasteiger partial charge is 0.491 e. The van der Waals surface area contributed by atoms with Gasteiger partial charge in [0, 0.05) is 7.11 Å². The first kappa shape index (κ1) is 14.4. The fourth-order valence-corrected chi connectivity index (χ4v) is 1.85. The van der Waals surface area contributed by atoms with Crippen molar-refractivity contribution in [3.05, 3.63) is 59.7 Å². The van der Waals surface area contributed by atoms with Crippen molar-refractivity contribution in [1.29, 1.82) is 0 Å². The number of ether oxygens (including phenoxy) is 3. The maximum Gasteiger partial charge on any atom is 0.122 e. The molecule has 3 nitrogen and oxygen atoms in total. The Morgan fingerprint density at radius 1 is 0.900 bits per heavy atom. The van der Waals surface area contributed by atoms with E-state index in [4.69, 9.17) is 14.2 Å². The minimum atomic E-state index is 0.557. The lowest BCUT2D eigenvalue weighted by Gasteiger charge is -2.11. The van der Waals surface area contributed by atoms with E-state index in [9.17, 15) is 0 Å². The smallest absolute Gasteiger partial charge is 0.122 e. The van der Waals surface area contributed by atoms with Gasteiger partial charge in [-0.05, 0) is 36.2 Å². The molecule has 0 aliphatic rings. The summed E-state index contributed by atoms with van der Waals surface area (Å²) < 4.78 is 16.4. The maximum absolute atomic E-state index is 5.77. The monoisotopic (exact) mass is 272 g/mol. The number of rotatable bonds is 7. The number of hydrogen-bond donors (Lipinski definition) is 0. The first-order chi connectivity index (χ1) is 9.79. The van der Waals surface area contributed by atoms with Crippen LogP contribution in [-0.4, -0.2) is 20.3 Å². The van der Waals surface area contributed by atoms with E-state index < -0.39 is 0 Å². The highest BCUT2D eigenvalue weighted by Gasteiger charge is 2.02. The molecule has 0 aliphatic heterocycles. The van der Waals surface area contributed by atoms with Gasteiger partial charge in [-0.25, -0.2) is 0 Å². The molecule has 0 saturated carbocycles. The fourth-order valence-electron chi connectivity index (χ4n) is 1.85. The van der Waals surface area contributed by atoms with Gasteiger partial charge in [-0.3, -0.25) is 0 Å². The SMILES string of the molecule is COCCOc1ccc(OCc2ccccc2)cc1C. The average Bonchev–Trinajstić information content (AvgIpc) is 2.48. The third-order valence-electron chi connectivity index (χ3n) is 2.94. The quantitative estimate of drug-likeness (QED) is 0.721. The molecule has 0 saturated heterocycles. The van der Waals surface area contributed by atoms with Crippen LogP contribution in [0.4, 0.5) is 0 Å². The zero-order valence-electron chi connectivity index (χ0n) is 12.0. The lowest BCUT2D eigenvalue weighted by Crippen LogP contribution is -2.05. The predicted octanol–water partition coefficient (Wildman–Crippen LogP) is 3.60. The zero-order valence-corrected chi connectivity index (χ0v) is 12.0. The molecule has 2 rings (SSSR count). The van der Waals surface area contributed by atoms with E-state index in [0.717, 1.165) is 22.6 Å². The Kier molecular flexibility index (Phi) is 5.44. The molecule has 0 fully saturated rings. The van der Waals surface area contributed by atoms with Crippen LogP contribution < -0.4 is 9.47 Å². The van der Waals surface area contributed by atoms with Gasteiger partial charge in [0.2, 0.25) is 0 Å². The van der Waals surface area contributed by atoms with Gasteiger partial charge in [0.25, 0.3) is 0 Å². The molecule has 0 aromatic heterocycles. The molecule has 20 heavy (non-hydrogen) atoms. The minimum Gasteiger partial charge on any atom is -0.491 e. The summed E-state index contributed by atoms with van der Waals surface area (Å²) in [4.78, 5) is 0. The molecule has 0 N–H and O–H groups in total. The van der Waals surface area contributed by atoms with Crippen LogP contribution in [0.15, 0.2) is 48.5 Å². The molecular weight excluding hydrogens is 252 g/mol. The third kappa shape index (κ3) is 4.28. The van der Waals surface area contributed by atoms with Crippen molar-refractivity contribution >= 4 is 0 Å². The van der Waals surface area contributed by atoms with Crippen molar-refractivity contribution in [3.63, 3.8) is 0 Å². The Hall–Kier alpha value is -2.00. The van der Waals surface area contributed by atoms with Crippen molar-refractivity contribution in [2.24, 2.45) is 0 Å². The summed E-state index contributed by atoms with van der Waals surface area (Å²) in [6.07, 6.45) is 0. The number of aryl methyl sites for hydroxylation is 1. The Bertz CT molecular complexity index is 523. The van der Waals surface area contributed by atoms with E-state index in [1.165, 1.54) is 0 Å². The van der Waals surface area contributed by atoms with Crippen molar-refractivity contribution in [3.8, 4) is 11.5 Å². The molecule has 0 unspecified atom stereocenters. The molecule has 2 aromatic carbocycles. The van der Waals surface area contributed by atoms with Crippen LogP contribution in [0.2, 0.25) is 0 Å². The molecule has 0 spiro atoms. The summed E-state index contributed by atoms with van der Waals surface area (Å²) in [6, 6.07) is 16.0. The van der Waals surface area contributed by atoms with Gasteiger partial charge in [0.1, 0.15) is 24.7 Å². The molecule has 0 aliphatic carbocycles. The molecule has 106 valence electrons. The van der Waals surface area contributed by atoms with E-state index in [-0.39, 0.29) is 0 Å². The summed E-state index contributed by atoms with van der Waals surface area (Å²) >= 11 is 0. The lowest BCUT2D eigenvalue weighted by molar-refractivity contribution is 0.146. The highest BCUT2D eigenvalue weighted by Crippen LogP contribution is 2.24. The van der Waals surface area contributed by atoms with Gasteiger partial charge in [-0.1, -0.05) is 30.3 Å². The van der Waals surface area contributed by atoms with Gasteiger partial charge in [0.05, 0.1) is 6.61 Å². The van der Waals surface area contributed by atoms with E-state index in [0.29, 0.717) is 19.8 Å². The van der Waals surface area contributed by atoms with Crippen LogP contribution in [0.25, 0.3) is 0 Å². The first-order valence-corrected chi connectivity index (χ1v) is 6.68. The van der Waals surface area contributed by atoms with Crippen molar-refractivity contribution < 1.29 is 14.2 Å². The maximum atomic E-state index is 5.77. The van der Waals surface area contributed by atoms with Crippen LogP contribution in [0.5, 0.6) is 11.5 Å². The lowest BCUT2D eigenvalue weighted by atomic mass is 10.2. The van der Waals surface area contributed by atoms with Crippen molar-refractivity contribution in [2.75, 3.05) is 20.3 Å². The van der Waals surface area contributed by atoms with Gasteiger partial charge in [-0.2, -0.15) is 0 Å². The summed E-state index contributed by atoms with van der Waals surface area (Å²) in [5, 5.41) is 0. The summed E-state index contributed by atoms with van der Waals surface area (Å²) in [7, 11) is 1.66. The van der Waals surface area contributed by atoms with Crippen LogP contribution in [0, 0.1) is 6.92 Å². The van der Waals surface area contributed by atoms with Crippen LogP contribution in [0.1, 0.15) is 11.1 Å². The Morgan fingerprint density at radius 2 is 1.70 bits per heavy atom. The van der Waals surface area contributed by atoms with Gasteiger partial charge >= 0.3 is 0 Å². The Labute approximate surface area is 120 Å². The van der Waals surface area contributed by atoms with Gasteiger partial charge in [-0.15, -0.1) is 0 Å². The molecular formula is C17H20O3. The summed E-state index contributed by atoms with van der Waals surface area (Å²) in [5.41, 5.74) is 2.22. The topological polar surface area (TPSA) is 27.7 Å². The highest BCUT2D eigenvalue weighted by atomic mass is 16.5. The van der Waals surface area contributed by atoms with Crippen molar-refractivity contribution in [1.82, 2.24) is 0 Å². The molecule has 2 aromatic rings. The number of hydrogen-bond acceptors (Lipinski definition) is 3. The van der Waals surface area contributed by atoms with E-state index >= 15 is 0 Å². The second-order valence-electron chi connectivity index (χ2n) is 4.54. The molecule has 0 radical (unpaired) electrons. The molecule has 0 atom stereocenters. The van der Waals surface area contributed by atoms with Crippen LogP contribution in [0.3, 0.4) is 0 Å². The average molecular weight is 272 g/mol. The van der Waals surface area contributed by atoms with Gasteiger partial charge in [0.15, 0.2) is 0 Å². The first-order valence-electron chi connectivity index (χ1n) is 6.68. The summed E-state index contributed by atoms with van der Waals surface area (Å²) in [5.74, 6) is 1.72. The number of methoxy groups -OCH3 is 1. The van der Waals surface area contributed by atoms with Gasteiger partial charge < -0.3 is 14.2 Å². The minimum absolute atomic E-state index is 0.557. The second-order valence-corrected chi connectivity index (χ2v) is 4.54. The van der Waals surface area contributed by atoms with E-state index in [1.807, 2.05) is 43.3 Å². The highest BCUT2D eigenvalue weighted by molar-refractivity contribution is 5.39. The zero-order chi connectivity index (χ0) is 14.2. The fraction of sp³-hybridized carbons (Fsp3) is 0.294. The van der Waals surface area contributed by atoms with Crippen LogP contribution in [-0.2, 0) is 11.3 Å². The normalized spacial score (nSPS) is 10.3. The summed E-state index contributed by atoms with van der Waals surface area (Å²) in [6.45, 7) is 3.73. The van der Waals surface area contributed by atoms with Crippen LogP contribution >= 0.6 is 0 Å². The van der Waals surface area contributed by atoms with E-state index in [2.05, 4.69) is 12.1 Å². The number of benzene rings is 2.